The van der Waals surface area contributed by atoms with Crippen molar-refractivity contribution in [3.05, 3.63) is 28.8 Å². The molecule has 1 heterocycles. The van der Waals surface area contributed by atoms with Gasteiger partial charge in [-0.2, -0.15) is 0 Å². The number of nitrogens with zero attached hydrogens (tertiary/aromatic N) is 1. The van der Waals surface area contributed by atoms with E-state index in [0.29, 0.717) is 5.52 Å². The van der Waals surface area contributed by atoms with Crippen molar-refractivity contribution in [2.75, 3.05) is 0 Å². The zero-order valence-electron chi connectivity index (χ0n) is 7.27. The van der Waals surface area contributed by atoms with Crippen LogP contribution >= 0.6 is 11.6 Å². The first-order valence-corrected chi connectivity index (χ1v) is 4.31. The number of imidazole rings is 1. The highest BCUT2D eigenvalue weighted by Gasteiger charge is 2.11. The number of fused-ring (bicyclic) bond motifs is 1. The van der Waals surface area contributed by atoms with Crippen LogP contribution in [0.4, 0.5) is 4.39 Å². The molecule has 0 unspecified atom stereocenters. The van der Waals surface area contributed by atoms with Crippen LogP contribution in [0.25, 0.3) is 11.0 Å². The second-order valence-corrected chi connectivity index (χ2v) is 3.36. The second-order valence-electron chi connectivity index (χ2n) is 2.93. The van der Waals surface area contributed by atoms with Gasteiger partial charge in [0.25, 0.3) is 0 Å². The third kappa shape index (κ3) is 1.37. The topological polar surface area (TPSA) is 45.8 Å². The van der Waals surface area contributed by atoms with Gasteiger partial charge >= 0.3 is 0 Å². The molecule has 2 aromatic rings. The monoisotopic (exact) mass is 212 g/mol. The Morgan fingerprint density at radius 3 is 2.93 bits per heavy atom. The fourth-order valence-electron chi connectivity index (χ4n) is 1.21. The summed E-state index contributed by atoms with van der Waals surface area (Å²) in [5.41, 5.74) is 0.569. The van der Waals surface area contributed by atoms with Gasteiger partial charge in [-0.15, -0.1) is 0 Å². The molecule has 5 heteroatoms. The van der Waals surface area contributed by atoms with Gasteiger partial charge in [0, 0.05) is 11.9 Å². The molecule has 3 nitrogen and oxygen atoms in total. The molecule has 0 aliphatic carbocycles. The maximum Gasteiger partial charge on any atom is 0.195 e. The molecule has 0 amide bonds. The van der Waals surface area contributed by atoms with Crippen LogP contribution in [0.15, 0.2) is 12.1 Å². The number of hydrogen-bond acceptors (Lipinski definition) is 2. The number of carbonyl (C=O) groups excluding carboxylic acids is 1. The first-order valence-electron chi connectivity index (χ1n) is 3.93. The summed E-state index contributed by atoms with van der Waals surface area (Å²) in [4.78, 5) is 17.5. The predicted molar refractivity (Wildman–Crippen MR) is 51.1 cm³/mol. The molecule has 0 bridgehead atoms. The maximum absolute atomic E-state index is 13.2. The van der Waals surface area contributed by atoms with Crippen LogP contribution in [-0.4, -0.2) is 15.8 Å². The summed E-state index contributed by atoms with van der Waals surface area (Å²) in [6, 6.07) is 2.69. The smallest absolute Gasteiger partial charge is 0.195 e. The summed E-state index contributed by atoms with van der Waals surface area (Å²) in [7, 11) is 0. The molecule has 0 spiro atoms. The van der Waals surface area contributed by atoms with Crippen LogP contribution in [0.2, 0.25) is 5.02 Å². The molecule has 0 fully saturated rings. The number of carbonyl (C=O) groups is 1. The van der Waals surface area contributed by atoms with Crippen LogP contribution in [0, 0.1) is 5.82 Å². The quantitative estimate of drug-likeness (QED) is 0.739. The van der Waals surface area contributed by atoms with Gasteiger partial charge in [-0.25, -0.2) is 9.37 Å². The van der Waals surface area contributed by atoms with E-state index >= 15 is 0 Å². The average Bonchev–Trinajstić information content (AvgIpc) is 2.47. The minimum absolute atomic E-state index is 0.139. The Bertz CT molecular complexity index is 521. The van der Waals surface area contributed by atoms with E-state index in [1.165, 1.54) is 13.0 Å². The number of aromatic amines is 1. The molecule has 1 aromatic carbocycles. The van der Waals surface area contributed by atoms with Gasteiger partial charge < -0.3 is 4.98 Å². The maximum atomic E-state index is 13.2. The van der Waals surface area contributed by atoms with Crippen molar-refractivity contribution in [3.63, 3.8) is 0 Å². The summed E-state index contributed by atoms with van der Waals surface area (Å²) < 4.78 is 13.2. The van der Waals surface area contributed by atoms with Crippen molar-refractivity contribution >= 4 is 28.4 Å². The molecule has 0 radical (unpaired) electrons. The van der Waals surface area contributed by atoms with Gasteiger partial charge in [0.05, 0.1) is 5.52 Å². The lowest BCUT2D eigenvalue weighted by molar-refractivity contribution is 0.100. The van der Waals surface area contributed by atoms with Crippen LogP contribution in [-0.2, 0) is 0 Å². The largest absolute Gasteiger partial charge is 0.335 e. The van der Waals surface area contributed by atoms with E-state index in [1.807, 2.05) is 0 Å². The van der Waals surface area contributed by atoms with Crippen molar-refractivity contribution in [3.8, 4) is 0 Å². The van der Waals surface area contributed by atoms with E-state index in [-0.39, 0.29) is 22.1 Å². The van der Waals surface area contributed by atoms with Crippen LogP contribution < -0.4 is 0 Å². The van der Waals surface area contributed by atoms with Crippen molar-refractivity contribution in [1.29, 1.82) is 0 Å². The third-order valence-electron chi connectivity index (χ3n) is 1.84. The molecule has 0 atom stereocenters. The number of Topliss-reactive ketones (excluding diaryl/α,β-unsaturated/α-hetero) is 1. The highest BCUT2D eigenvalue weighted by molar-refractivity contribution is 6.31. The fourth-order valence-corrected chi connectivity index (χ4v) is 1.41. The van der Waals surface area contributed by atoms with Crippen LogP contribution in [0.5, 0.6) is 0 Å². The van der Waals surface area contributed by atoms with Gasteiger partial charge in [-0.1, -0.05) is 11.6 Å². The molecule has 0 aliphatic rings. The van der Waals surface area contributed by atoms with E-state index in [1.54, 1.807) is 0 Å². The molecular weight excluding hydrogens is 207 g/mol. The summed E-state index contributed by atoms with van der Waals surface area (Å²) in [6.45, 7) is 1.36. The second kappa shape index (κ2) is 3.06. The number of H-pyrrole nitrogens is 1. The first-order chi connectivity index (χ1) is 6.58. The Morgan fingerprint density at radius 2 is 2.29 bits per heavy atom. The summed E-state index contributed by atoms with van der Waals surface area (Å²) in [5, 5.41) is 0.272. The lowest BCUT2D eigenvalue weighted by Gasteiger charge is -1.91. The standard InChI is InChI=1S/C9H6ClFN2O/c1-4(14)9-12-7-3-5(10)2-6(11)8(7)13-9/h2-3H,1H3,(H,12,13). The van der Waals surface area contributed by atoms with Crippen molar-refractivity contribution in [2.45, 2.75) is 6.92 Å². The molecule has 1 N–H and O–H groups in total. The minimum Gasteiger partial charge on any atom is -0.335 e. The average molecular weight is 213 g/mol. The number of rotatable bonds is 1. The van der Waals surface area contributed by atoms with Gasteiger partial charge in [-0.3, -0.25) is 4.79 Å². The molecule has 2 rings (SSSR count). The van der Waals surface area contributed by atoms with Crippen molar-refractivity contribution in [1.82, 2.24) is 9.97 Å². The Morgan fingerprint density at radius 1 is 1.57 bits per heavy atom. The number of ketones is 1. The highest BCUT2D eigenvalue weighted by atomic mass is 35.5. The van der Waals surface area contributed by atoms with Crippen LogP contribution in [0.1, 0.15) is 17.5 Å². The normalized spacial score (nSPS) is 10.8. The predicted octanol–water partition coefficient (Wildman–Crippen LogP) is 2.56. The Labute approximate surface area is 83.9 Å². The lowest BCUT2D eigenvalue weighted by atomic mass is 10.3. The molecule has 0 aliphatic heterocycles. The number of aromatic nitrogens is 2. The highest BCUT2D eigenvalue weighted by Crippen LogP contribution is 2.20. The molecule has 0 saturated heterocycles. The first kappa shape index (κ1) is 9.15. The third-order valence-corrected chi connectivity index (χ3v) is 2.06. The lowest BCUT2D eigenvalue weighted by Crippen LogP contribution is -1.93. The SMILES string of the molecule is CC(=O)c1nc2c(F)cc(Cl)cc2[nH]1. The zero-order chi connectivity index (χ0) is 10.3. The van der Waals surface area contributed by atoms with E-state index in [4.69, 9.17) is 11.6 Å². The van der Waals surface area contributed by atoms with Crippen molar-refractivity contribution < 1.29 is 9.18 Å². The number of nitrogens with one attached hydrogen (secondary N) is 1. The van der Waals surface area contributed by atoms with Gasteiger partial charge in [0.1, 0.15) is 5.52 Å². The summed E-state index contributed by atoms with van der Waals surface area (Å²) in [6.07, 6.45) is 0. The number of benzene rings is 1. The minimum atomic E-state index is -0.531. The molecular formula is C9H6ClFN2O. The number of halogens is 2. The summed E-state index contributed by atoms with van der Waals surface area (Å²) >= 11 is 5.64. The molecule has 1 aromatic heterocycles. The van der Waals surface area contributed by atoms with Crippen LogP contribution in [0.3, 0.4) is 0 Å². The van der Waals surface area contributed by atoms with E-state index < -0.39 is 5.82 Å². The van der Waals surface area contributed by atoms with Gasteiger partial charge in [0.15, 0.2) is 17.4 Å². The Balaban J connectivity index is 2.76. The van der Waals surface area contributed by atoms with E-state index in [0.717, 1.165) is 6.07 Å². The van der Waals surface area contributed by atoms with Gasteiger partial charge in [0.2, 0.25) is 0 Å². The van der Waals surface area contributed by atoms with Gasteiger partial charge in [-0.05, 0) is 12.1 Å². The van der Waals surface area contributed by atoms with E-state index in [2.05, 4.69) is 9.97 Å². The molecule has 0 saturated carbocycles. The van der Waals surface area contributed by atoms with E-state index in [9.17, 15) is 9.18 Å². The Kier molecular flexibility index (Phi) is 2.00. The Hall–Kier alpha value is -1.42. The fraction of sp³-hybridized carbons (Fsp3) is 0.111. The zero-order valence-corrected chi connectivity index (χ0v) is 8.02. The summed E-state index contributed by atoms with van der Waals surface area (Å²) in [5.74, 6) is -0.630. The number of hydrogen-bond donors (Lipinski definition) is 1. The van der Waals surface area contributed by atoms with Crippen molar-refractivity contribution in [2.24, 2.45) is 0 Å². The molecule has 14 heavy (non-hydrogen) atoms. The molecule has 72 valence electrons.